The van der Waals surface area contributed by atoms with Crippen molar-refractivity contribution in [3.63, 3.8) is 0 Å². The van der Waals surface area contributed by atoms with Gasteiger partial charge in [-0.15, -0.1) is 0 Å². The smallest absolute Gasteiger partial charge is 0.0619 e. The second-order valence-electron chi connectivity index (χ2n) is 16.9. The van der Waals surface area contributed by atoms with E-state index in [1.165, 1.54) is 98.4 Å². The van der Waals surface area contributed by atoms with Crippen LogP contribution in [-0.2, 0) is 0 Å². The Kier molecular flexibility index (Phi) is 7.36. The standard InChI is InChI=1S/C60H38N4/c1-3-17-39(18-4-1)61-52-28-11-8-22-44(52)50-37-41(33-35-56(50)61)63-55-31-14-10-24-49(55)59-46(25-16-32-58(59)63)48-27-15-26-47-43-21-7-13-30-54(43)64(60(47)48)42-34-36-57-51(38-42)45-23-9-12-29-53(45)62(57)40-19-5-2-6-20-40/h1-38H. The molecule has 0 aliphatic carbocycles. The Morgan fingerprint density at radius 3 is 1.16 bits per heavy atom. The zero-order chi connectivity index (χ0) is 41.9. The van der Waals surface area contributed by atoms with Crippen molar-refractivity contribution in [1.29, 1.82) is 0 Å². The number of hydrogen-bond acceptors (Lipinski definition) is 0. The molecule has 64 heavy (non-hydrogen) atoms. The fraction of sp³-hybridized carbons (Fsp3) is 0. The van der Waals surface area contributed by atoms with Crippen molar-refractivity contribution in [2.24, 2.45) is 0 Å². The van der Waals surface area contributed by atoms with Crippen LogP contribution >= 0.6 is 0 Å². The lowest BCUT2D eigenvalue weighted by molar-refractivity contribution is 1.16. The Bertz CT molecular complexity index is 4180. The van der Waals surface area contributed by atoms with Gasteiger partial charge in [0.15, 0.2) is 0 Å². The highest BCUT2D eigenvalue weighted by molar-refractivity contribution is 6.21. The minimum absolute atomic E-state index is 1.14. The van der Waals surface area contributed by atoms with E-state index in [0.29, 0.717) is 0 Å². The summed E-state index contributed by atoms with van der Waals surface area (Å²) in [6, 6.07) is 84.5. The van der Waals surface area contributed by atoms with E-state index in [1.54, 1.807) is 0 Å². The van der Waals surface area contributed by atoms with Crippen LogP contribution in [0.2, 0.25) is 0 Å². The van der Waals surface area contributed by atoms with Crippen molar-refractivity contribution in [3.8, 4) is 33.9 Å². The average molecular weight is 815 g/mol. The van der Waals surface area contributed by atoms with Crippen molar-refractivity contribution >= 4 is 87.2 Å². The molecule has 0 saturated heterocycles. The lowest BCUT2D eigenvalue weighted by Gasteiger charge is -2.14. The zero-order valence-electron chi connectivity index (χ0n) is 34.7. The van der Waals surface area contributed by atoms with Crippen LogP contribution in [0.4, 0.5) is 0 Å². The van der Waals surface area contributed by atoms with Crippen molar-refractivity contribution < 1.29 is 0 Å². The summed E-state index contributed by atoms with van der Waals surface area (Å²) in [4.78, 5) is 0. The van der Waals surface area contributed by atoms with Crippen molar-refractivity contribution in [3.05, 3.63) is 231 Å². The molecule has 14 rings (SSSR count). The number of hydrogen-bond donors (Lipinski definition) is 0. The highest BCUT2D eigenvalue weighted by Gasteiger charge is 2.23. The summed E-state index contributed by atoms with van der Waals surface area (Å²) in [6.07, 6.45) is 0. The summed E-state index contributed by atoms with van der Waals surface area (Å²) in [5, 5.41) is 9.90. The second-order valence-corrected chi connectivity index (χ2v) is 16.9. The van der Waals surface area contributed by atoms with Gasteiger partial charge in [-0.2, -0.15) is 0 Å². The van der Waals surface area contributed by atoms with Crippen LogP contribution in [0, 0.1) is 0 Å². The molecule has 4 heteroatoms. The maximum atomic E-state index is 2.50. The molecule has 0 aliphatic heterocycles. The van der Waals surface area contributed by atoms with E-state index in [1.807, 2.05) is 0 Å². The molecule has 0 unspecified atom stereocenters. The molecular formula is C60H38N4. The molecule has 0 spiro atoms. The fourth-order valence-corrected chi connectivity index (χ4v) is 10.9. The van der Waals surface area contributed by atoms with Gasteiger partial charge in [0.1, 0.15) is 0 Å². The predicted molar refractivity (Wildman–Crippen MR) is 269 cm³/mol. The lowest BCUT2D eigenvalue weighted by atomic mass is 9.97. The second kappa shape index (κ2) is 13.4. The van der Waals surface area contributed by atoms with E-state index in [-0.39, 0.29) is 0 Å². The van der Waals surface area contributed by atoms with Gasteiger partial charge in [-0.1, -0.05) is 140 Å². The zero-order valence-corrected chi connectivity index (χ0v) is 34.7. The van der Waals surface area contributed by atoms with Crippen LogP contribution in [0.1, 0.15) is 0 Å². The van der Waals surface area contributed by atoms with E-state index >= 15 is 0 Å². The highest BCUT2D eigenvalue weighted by Crippen LogP contribution is 2.45. The van der Waals surface area contributed by atoms with Crippen molar-refractivity contribution in [2.75, 3.05) is 0 Å². The predicted octanol–water partition coefficient (Wildman–Crippen LogP) is 15.7. The Morgan fingerprint density at radius 1 is 0.203 bits per heavy atom. The minimum atomic E-state index is 1.14. The van der Waals surface area contributed by atoms with Gasteiger partial charge in [0.05, 0.1) is 44.1 Å². The first kappa shape index (κ1) is 35.0. The van der Waals surface area contributed by atoms with Crippen LogP contribution in [0.15, 0.2) is 231 Å². The lowest BCUT2D eigenvalue weighted by Crippen LogP contribution is -1.97. The maximum absolute atomic E-state index is 2.50. The summed E-state index contributed by atoms with van der Waals surface area (Å²) < 4.78 is 9.75. The van der Waals surface area contributed by atoms with Gasteiger partial charge in [0.2, 0.25) is 0 Å². The first-order valence-corrected chi connectivity index (χ1v) is 22.0. The summed E-state index contributed by atoms with van der Waals surface area (Å²) in [6.45, 7) is 0. The molecule has 298 valence electrons. The van der Waals surface area contributed by atoms with Gasteiger partial charge in [0, 0.05) is 71.4 Å². The molecule has 4 aromatic heterocycles. The maximum Gasteiger partial charge on any atom is 0.0619 e. The monoisotopic (exact) mass is 814 g/mol. The molecule has 0 amide bonds. The third kappa shape index (κ3) is 4.88. The summed E-state index contributed by atoms with van der Waals surface area (Å²) in [7, 11) is 0. The van der Waals surface area contributed by atoms with Crippen LogP contribution in [-0.4, -0.2) is 18.3 Å². The molecule has 10 aromatic carbocycles. The summed E-state index contributed by atoms with van der Waals surface area (Å²) >= 11 is 0. The number of nitrogens with zero attached hydrogens (tertiary/aromatic N) is 4. The minimum Gasteiger partial charge on any atom is -0.309 e. The Morgan fingerprint density at radius 2 is 0.578 bits per heavy atom. The largest absolute Gasteiger partial charge is 0.309 e. The number of para-hydroxylation sites is 7. The van der Waals surface area contributed by atoms with Crippen molar-refractivity contribution in [2.45, 2.75) is 0 Å². The molecule has 0 N–H and O–H groups in total. The third-order valence-electron chi connectivity index (χ3n) is 13.5. The fourth-order valence-electron chi connectivity index (χ4n) is 10.9. The van der Waals surface area contributed by atoms with Gasteiger partial charge in [-0.3, -0.25) is 0 Å². The van der Waals surface area contributed by atoms with Gasteiger partial charge in [-0.25, -0.2) is 0 Å². The topological polar surface area (TPSA) is 19.7 Å². The van der Waals surface area contributed by atoms with Crippen LogP contribution in [0.5, 0.6) is 0 Å². The van der Waals surface area contributed by atoms with Gasteiger partial charge < -0.3 is 18.3 Å². The van der Waals surface area contributed by atoms with Gasteiger partial charge in [0.25, 0.3) is 0 Å². The normalized spacial score (nSPS) is 12.1. The molecule has 14 aromatic rings. The van der Waals surface area contributed by atoms with E-state index in [2.05, 4.69) is 249 Å². The molecule has 0 saturated carbocycles. The molecule has 0 bridgehead atoms. The van der Waals surface area contributed by atoms with Crippen molar-refractivity contribution in [1.82, 2.24) is 18.3 Å². The van der Waals surface area contributed by atoms with E-state index in [4.69, 9.17) is 0 Å². The molecule has 0 atom stereocenters. The van der Waals surface area contributed by atoms with Crippen LogP contribution < -0.4 is 0 Å². The first-order chi connectivity index (χ1) is 31.8. The molecular weight excluding hydrogens is 777 g/mol. The Hall–Kier alpha value is -8.60. The Balaban J connectivity index is 1.03. The first-order valence-electron chi connectivity index (χ1n) is 22.0. The summed E-state index contributed by atoms with van der Waals surface area (Å²) in [5.74, 6) is 0. The molecule has 4 nitrogen and oxygen atoms in total. The number of rotatable bonds is 5. The van der Waals surface area contributed by atoms with E-state index in [9.17, 15) is 0 Å². The number of aromatic nitrogens is 4. The van der Waals surface area contributed by atoms with Gasteiger partial charge in [-0.05, 0) is 96.6 Å². The van der Waals surface area contributed by atoms with Gasteiger partial charge >= 0.3 is 0 Å². The quantitative estimate of drug-likeness (QED) is 0.165. The Labute approximate surface area is 368 Å². The average Bonchev–Trinajstić information content (AvgIpc) is 4.09. The molecule has 0 radical (unpaired) electrons. The number of benzene rings is 10. The van der Waals surface area contributed by atoms with Crippen LogP contribution in [0.25, 0.3) is 121 Å². The van der Waals surface area contributed by atoms with Crippen LogP contribution in [0.3, 0.4) is 0 Å². The van der Waals surface area contributed by atoms with E-state index in [0.717, 1.165) is 22.7 Å². The molecule has 0 fully saturated rings. The SMILES string of the molecule is c1ccc(-n2c3ccccc3c3cc(-n4c5ccccc5c5c(-c6cccc7c8ccccc8n(-c8ccc9c(c8)c8ccccc8n9-c8ccccc8)c67)cccc54)ccc32)cc1. The van der Waals surface area contributed by atoms with E-state index < -0.39 is 0 Å². The number of fused-ring (bicyclic) bond motifs is 12. The molecule has 4 heterocycles. The summed E-state index contributed by atoms with van der Waals surface area (Å²) in [5.41, 5.74) is 16.6. The molecule has 0 aliphatic rings. The third-order valence-corrected chi connectivity index (χ3v) is 13.5. The highest BCUT2D eigenvalue weighted by atomic mass is 15.0.